The predicted octanol–water partition coefficient (Wildman–Crippen LogP) is 6.22. The molecule has 1 N–H and O–H groups in total. The molecular weight excluding hydrogens is 431 g/mol. The van der Waals surface area contributed by atoms with Gasteiger partial charge in [0, 0.05) is 22.6 Å². The molecule has 0 bridgehead atoms. The van der Waals surface area contributed by atoms with E-state index in [1.165, 1.54) is 12.1 Å². The lowest BCUT2D eigenvalue weighted by Crippen LogP contribution is -2.12. The van der Waals surface area contributed by atoms with Crippen molar-refractivity contribution in [1.29, 1.82) is 0 Å². The van der Waals surface area contributed by atoms with Crippen LogP contribution in [0, 0.1) is 19.7 Å². The molecule has 168 valence electrons. The van der Waals surface area contributed by atoms with Gasteiger partial charge in [-0.2, -0.15) is 0 Å². The molecule has 0 aliphatic heterocycles. The zero-order valence-electron chi connectivity index (χ0n) is 18.6. The van der Waals surface area contributed by atoms with E-state index in [-0.39, 0.29) is 11.7 Å². The molecule has 3 aromatic carbocycles. The number of carbonyl (C=O) groups excluding carboxylic acids is 1. The van der Waals surface area contributed by atoms with Crippen LogP contribution in [-0.2, 0) is 0 Å². The van der Waals surface area contributed by atoms with Crippen LogP contribution in [0.4, 0.5) is 10.1 Å². The molecule has 0 aliphatic carbocycles. The Morgan fingerprint density at radius 3 is 2.35 bits per heavy atom. The highest BCUT2D eigenvalue weighted by atomic mass is 19.1. The first-order valence-electron chi connectivity index (χ1n) is 10.7. The molecular formula is C27H21FN4O2. The Bertz CT molecular complexity index is 1470. The van der Waals surface area contributed by atoms with Gasteiger partial charge in [-0.05, 0) is 92.7 Å². The zero-order valence-corrected chi connectivity index (χ0v) is 18.6. The maximum Gasteiger partial charge on any atom is 0.255 e. The number of carbonyl (C=O) groups is 1. The molecule has 7 heteroatoms. The number of amides is 1. The monoisotopic (exact) mass is 452 g/mol. The van der Waals surface area contributed by atoms with Crippen molar-refractivity contribution < 1.29 is 13.9 Å². The maximum absolute atomic E-state index is 13.4. The fourth-order valence-corrected chi connectivity index (χ4v) is 3.71. The number of imidazole rings is 1. The number of anilines is 1. The van der Waals surface area contributed by atoms with Gasteiger partial charge < -0.3 is 10.1 Å². The van der Waals surface area contributed by atoms with Crippen LogP contribution in [0.2, 0.25) is 0 Å². The number of nitrogens with zero attached hydrogens (tertiary/aromatic N) is 3. The van der Waals surface area contributed by atoms with Gasteiger partial charge in [0.1, 0.15) is 23.1 Å². The van der Waals surface area contributed by atoms with Crippen LogP contribution in [0.3, 0.4) is 0 Å². The lowest BCUT2D eigenvalue weighted by atomic mass is 10.1. The Kier molecular flexibility index (Phi) is 5.51. The molecule has 1 amide bonds. The molecule has 0 unspecified atom stereocenters. The summed E-state index contributed by atoms with van der Waals surface area (Å²) >= 11 is 0. The number of ether oxygens (including phenoxy) is 1. The molecule has 0 saturated heterocycles. The van der Waals surface area contributed by atoms with Gasteiger partial charge in [0.2, 0.25) is 0 Å². The second-order valence-corrected chi connectivity index (χ2v) is 7.89. The number of hydrogen-bond donors (Lipinski definition) is 1. The average Bonchev–Trinajstić information content (AvgIpc) is 3.17. The van der Waals surface area contributed by atoms with Gasteiger partial charge in [-0.25, -0.2) is 9.37 Å². The number of benzene rings is 3. The molecule has 34 heavy (non-hydrogen) atoms. The van der Waals surface area contributed by atoms with E-state index in [0.717, 1.165) is 28.2 Å². The van der Waals surface area contributed by atoms with Gasteiger partial charge >= 0.3 is 0 Å². The highest BCUT2D eigenvalue weighted by molar-refractivity contribution is 6.06. The minimum atomic E-state index is -0.308. The first-order chi connectivity index (χ1) is 16.5. The fourth-order valence-electron chi connectivity index (χ4n) is 3.71. The van der Waals surface area contributed by atoms with Gasteiger partial charge in [0.15, 0.2) is 0 Å². The first kappa shape index (κ1) is 21.3. The Balaban J connectivity index is 1.35. The smallest absolute Gasteiger partial charge is 0.255 e. The third-order valence-corrected chi connectivity index (χ3v) is 5.40. The van der Waals surface area contributed by atoms with Gasteiger partial charge in [0.25, 0.3) is 5.91 Å². The van der Waals surface area contributed by atoms with E-state index in [1.54, 1.807) is 54.7 Å². The standard InChI is InChI=1S/C27H21FN4O2/c1-17-3-11-24(16-29-17)34-23-12-7-21(8-13-23)31-27(33)19-4-14-25-26(15-19)32(18(2)30-25)22-9-5-20(28)6-10-22/h3-16H,1-2H3,(H,31,33). The number of aromatic nitrogens is 3. The van der Waals surface area contributed by atoms with Gasteiger partial charge in [-0.3, -0.25) is 14.3 Å². The molecule has 0 spiro atoms. The number of hydrogen-bond acceptors (Lipinski definition) is 4. The molecule has 6 nitrogen and oxygen atoms in total. The van der Waals surface area contributed by atoms with E-state index < -0.39 is 0 Å². The normalized spacial score (nSPS) is 10.9. The number of aryl methyl sites for hydroxylation is 2. The highest BCUT2D eigenvalue weighted by Crippen LogP contribution is 2.25. The lowest BCUT2D eigenvalue weighted by Gasteiger charge is -2.09. The van der Waals surface area contributed by atoms with E-state index in [2.05, 4.69) is 15.3 Å². The average molecular weight is 452 g/mol. The SMILES string of the molecule is Cc1ccc(Oc2ccc(NC(=O)c3ccc4nc(C)n(-c5ccc(F)cc5)c4c3)cc2)cn1. The quantitative estimate of drug-likeness (QED) is 0.344. The van der Waals surface area contributed by atoms with Crippen LogP contribution in [-0.4, -0.2) is 20.4 Å². The molecule has 0 radical (unpaired) electrons. The summed E-state index contributed by atoms with van der Waals surface area (Å²) in [6, 6.07) is 22.4. The molecule has 2 heterocycles. The minimum absolute atomic E-state index is 0.247. The van der Waals surface area contributed by atoms with Crippen LogP contribution < -0.4 is 10.1 Å². The molecule has 0 saturated carbocycles. The summed E-state index contributed by atoms with van der Waals surface area (Å²) in [6.07, 6.45) is 1.67. The zero-order chi connectivity index (χ0) is 23.7. The van der Waals surface area contributed by atoms with Crippen molar-refractivity contribution in [3.8, 4) is 17.2 Å². The summed E-state index contributed by atoms with van der Waals surface area (Å²) in [5, 5.41) is 2.91. The Morgan fingerprint density at radius 2 is 1.65 bits per heavy atom. The van der Waals surface area contributed by atoms with Crippen molar-refractivity contribution >= 4 is 22.6 Å². The predicted molar refractivity (Wildman–Crippen MR) is 129 cm³/mol. The first-order valence-corrected chi connectivity index (χ1v) is 10.7. The number of halogens is 1. The molecule has 5 aromatic rings. The van der Waals surface area contributed by atoms with Gasteiger partial charge in [0.05, 0.1) is 17.2 Å². The summed E-state index contributed by atoms with van der Waals surface area (Å²) in [6.45, 7) is 3.79. The van der Waals surface area contributed by atoms with Gasteiger partial charge in [-0.1, -0.05) is 0 Å². The maximum atomic E-state index is 13.4. The summed E-state index contributed by atoms with van der Waals surface area (Å²) in [7, 11) is 0. The molecule has 0 atom stereocenters. The number of nitrogens with one attached hydrogen (secondary N) is 1. The summed E-state index contributed by atoms with van der Waals surface area (Å²) < 4.78 is 21.1. The van der Waals surface area contributed by atoms with E-state index >= 15 is 0 Å². The lowest BCUT2D eigenvalue weighted by molar-refractivity contribution is 0.102. The van der Waals surface area contributed by atoms with Gasteiger partial charge in [-0.15, -0.1) is 0 Å². The third kappa shape index (κ3) is 4.36. The molecule has 0 aliphatic rings. The second-order valence-electron chi connectivity index (χ2n) is 7.89. The second kappa shape index (κ2) is 8.78. The van der Waals surface area contributed by atoms with E-state index in [1.807, 2.05) is 36.6 Å². The van der Waals surface area contributed by atoms with Crippen molar-refractivity contribution in [2.24, 2.45) is 0 Å². The Morgan fingerprint density at radius 1 is 0.912 bits per heavy atom. The van der Waals surface area contributed by atoms with Crippen LogP contribution >= 0.6 is 0 Å². The summed E-state index contributed by atoms with van der Waals surface area (Å²) in [5.41, 5.74) is 4.35. The molecule has 0 fully saturated rings. The Labute approximate surface area is 195 Å². The minimum Gasteiger partial charge on any atom is -0.456 e. The fraction of sp³-hybridized carbons (Fsp3) is 0.0741. The topological polar surface area (TPSA) is 69.0 Å². The number of pyridine rings is 1. The summed E-state index contributed by atoms with van der Waals surface area (Å²) in [4.78, 5) is 21.7. The van der Waals surface area contributed by atoms with Crippen molar-refractivity contribution in [3.05, 3.63) is 108 Å². The van der Waals surface area contributed by atoms with E-state index in [0.29, 0.717) is 22.7 Å². The number of rotatable bonds is 5. The third-order valence-electron chi connectivity index (χ3n) is 5.40. The largest absolute Gasteiger partial charge is 0.456 e. The van der Waals surface area contributed by atoms with Crippen molar-refractivity contribution in [2.75, 3.05) is 5.32 Å². The van der Waals surface area contributed by atoms with Crippen LogP contribution in [0.5, 0.6) is 11.5 Å². The Hall–Kier alpha value is -4.52. The van der Waals surface area contributed by atoms with Crippen molar-refractivity contribution in [3.63, 3.8) is 0 Å². The molecule has 2 aromatic heterocycles. The van der Waals surface area contributed by atoms with Crippen LogP contribution in [0.1, 0.15) is 21.9 Å². The van der Waals surface area contributed by atoms with Crippen LogP contribution in [0.25, 0.3) is 16.7 Å². The number of fused-ring (bicyclic) bond motifs is 1. The van der Waals surface area contributed by atoms with Crippen molar-refractivity contribution in [1.82, 2.24) is 14.5 Å². The summed E-state index contributed by atoms with van der Waals surface area (Å²) in [5.74, 6) is 1.48. The highest BCUT2D eigenvalue weighted by Gasteiger charge is 2.13. The van der Waals surface area contributed by atoms with Crippen LogP contribution in [0.15, 0.2) is 85.1 Å². The van der Waals surface area contributed by atoms with Crippen molar-refractivity contribution in [2.45, 2.75) is 13.8 Å². The van der Waals surface area contributed by atoms with E-state index in [9.17, 15) is 9.18 Å². The van der Waals surface area contributed by atoms with E-state index in [4.69, 9.17) is 4.74 Å². The molecule has 5 rings (SSSR count).